The van der Waals surface area contributed by atoms with Gasteiger partial charge in [0.05, 0.1) is 6.42 Å². The van der Waals surface area contributed by atoms with E-state index in [-0.39, 0.29) is 13.0 Å². The number of amides is 1. The SMILES string of the molecule is CCC1(C(=O)O)CCCN1C(=O)CCC(F)(F)F. The molecule has 18 heavy (non-hydrogen) atoms. The van der Waals surface area contributed by atoms with Gasteiger partial charge in [0.2, 0.25) is 5.91 Å². The first-order valence-corrected chi connectivity index (χ1v) is 5.83. The van der Waals surface area contributed by atoms with Crippen LogP contribution in [-0.4, -0.2) is 40.1 Å². The molecule has 0 spiro atoms. The quantitative estimate of drug-likeness (QED) is 0.849. The van der Waals surface area contributed by atoms with E-state index in [9.17, 15) is 27.9 Å². The van der Waals surface area contributed by atoms with E-state index in [1.807, 2.05) is 0 Å². The number of alkyl halides is 3. The minimum atomic E-state index is -4.40. The zero-order valence-corrected chi connectivity index (χ0v) is 10.1. The van der Waals surface area contributed by atoms with E-state index in [1.54, 1.807) is 6.92 Å². The minimum Gasteiger partial charge on any atom is -0.479 e. The molecule has 0 aromatic heterocycles. The van der Waals surface area contributed by atoms with Crippen LogP contribution in [0.15, 0.2) is 0 Å². The fourth-order valence-corrected chi connectivity index (χ4v) is 2.37. The van der Waals surface area contributed by atoms with Gasteiger partial charge in [-0.25, -0.2) is 4.79 Å². The third kappa shape index (κ3) is 2.94. The van der Waals surface area contributed by atoms with Crippen LogP contribution in [0.4, 0.5) is 13.2 Å². The molecule has 0 aromatic carbocycles. The summed E-state index contributed by atoms with van der Waals surface area (Å²) in [6, 6.07) is 0. The summed E-state index contributed by atoms with van der Waals surface area (Å²) < 4.78 is 36.1. The van der Waals surface area contributed by atoms with Crippen LogP contribution in [0.3, 0.4) is 0 Å². The van der Waals surface area contributed by atoms with Crippen LogP contribution < -0.4 is 0 Å². The van der Waals surface area contributed by atoms with E-state index in [1.165, 1.54) is 0 Å². The van der Waals surface area contributed by atoms with Gasteiger partial charge in [0, 0.05) is 13.0 Å². The molecule has 0 bridgehead atoms. The Morgan fingerprint density at radius 1 is 1.39 bits per heavy atom. The monoisotopic (exact) mass is 267 g/mol. The maximum atomic E-state index is 12.0. The molecule has 0 saturated carbocycles. The van der Waals surface area contributed by atoms with Gasteiger partial charge in [0.25, 0.3) is 0 Å². The van der Waals surface area contributed by atoms with Gasteiger partial charge < -0.3 is 10.0 Å². The van der Waals surface area contributed by atoms with E-state index < -0.39 is 36.4 Å². The van der Waals surface area contributed by atoms with Crippen LogP contribution in [-0.2, 0) is 9.59 Å². The van der Waals surface area contributed by atoms with Crippen molar-refractivity contribution in [2.75, 3.05) is 6.54 Å². The van der Waals surface area contributed by atoms with Gasteiger partial charge in [-0.1, -0.05) is 6.92 Å². The van der Waals surface area contributed by atoms with Crippen molar-refractivity contribution in [3.05, 3.63) is 0 Å². The summed E-state index contributed by atoms with van der Waals surface area (Å²) in [6.07, 6.45) is -5.26. The van der Waals surface area contributed by atoms with E-state index >= 15 is 0 Å². The van der Waals surface area contributed by atoms with E-state index in [0.29, 0.717) is 12.8 Å². The molecular weight excluding hydrogens is 251 g/mol. The highest BCUT2D eigenvalue weighted by Gasteiger charge is 2.48. The van der Waals surface area contributed by atoms with Gasteiger partial charge in [-0.15, -0.1) is 0 Å². The van der Waals surface area contributed by atoms with Gasteiger partial charge in [0.15, 0.2) is 0 Å². The smallest absolute Gasteiger partial charge is 0.389 e. The van der Waals surface area contributed by atoms with Crippen molar-refractivity contribution in [2.45, 2.75) is 50.7 Å². The topological polar surface area (TPSA) is 57.6 Å². The Morgan fingerprint density at radius 2 is 2.00 bits per heavy atom. The number of aliphatic carboxylic acids is 1. The largest absolute Gasteiger partial charge is 0.479 e. The van der Waals surface area contributed by atoms with Crippen LogP contribution in [0.2, 0.25) is 0 Å². The summed E-state index contributed by atoms with van der Waals surface area (Å²) in [5.41, 5.74) is -1.32. The molecule has 1 amide bonds. The van der Waals surface area contributed by atoms with E-state index in [2.05, 4.69) is 0 Å². The van der Waals surface area contributed by atoms with Crippen molar-refractivity contribution in [1.82, 2.24) is 4.90 Å². The number of likely N-dealkylation sites (tertiary alicyclic amines) is 1. The third-order valence-corrected chi connectivity index (χ3v) is 3.40. The van der Waals surface area contributed by atoms with Gasteiger partial charge >= 0.3 is 12.1 Å². The van der Waals surface area contributed by atoms with Crippen molar-refractivity contribution in [2.24, 2.45) is 0 Å². The Kier molecular flexibility index (Phi) is 4.24. The first-order valence-electron chi connectivity index (χ1n) is 5.83. The van der Waals surface area contributed by atoms with Crippen molar-refractivity contribution in [3.63, 3.8) is 0 Å². The molecule has 1 aliphatic rings. The first-order chi connectivity index (χ1) is 8.23. The molecular formula is C11H16F3NO3. The number of rotatable bonds is 4. The molecule has 0 aromatic rings. The first kappa shape index (κ1) is 14.8. The zero-order chi connectivity index (χ0) is 14.0. The number of nitrogens with zero attached hydrogens (tertiary/aromatic N) is 1. The Balaban J connectivity index is 2.75. The van der Waals surface area contributed by atoms with Crippen LogP contribution in [0.5, 0.6) is 0 Å². The lowest BCUT2D eigenvalue weighted by atomic mass is 9.92. The second-order valence-electron chi connectivity index (χ2n) is 4.45. The maximum absolute atomic E-state index is 12.0. The zero-order valence-electron chi connectivity index (χ0n) is 10.1. The third-order valence-electron chi connectivity index (χ3n) is 3.40. The molecule has 1 N–H and O–H groups in total. The van der Waals surface area contributed by atoms with E-state index in [0.717, 1.165) is 4.90 Å². The second-order valence-corrected chi connectivity index (χ2v) is 4.45. The van der Waals surface area contributed by atoms with Crippen molar-refractivity contribution in [1.29, 1.82) is 0 Å². The molecule has 1 rings (SSSR count). The Bertz CT molecular complexity index is 343. The molecule has 1 fully saturated rings. The highest BCUT2D eigenvalue weighted by atomic mass is 19.4. The number of carboxylic acids is 1. The summed E-state index contributed by atoms with van der Waals surface area (Å²) in [5, 5.41) is 9.20. The maximum Gasteiger partial charge on any atom is 0.389 e. The predicted octanol–water partition coefficient (Wildman–Crippen LogP) is 2.18. The molecule has 1 saturated heterocycles. The Morgan fingerprint density at radius 3 is 2.44 bits per heavy atom. The minimum absolute atomic E-state index is 0.208. The van der Waals surface area contributed by atoms with Gasteiger partial charge in [-0.05, 0) is 19.3 Å². The second kappa shape index (κ2) is 5.16. The number of carbonyl (C=O) groups is 2. The summed E-state index contributed by atoms with van der Waals surface area (Å²) >= 11 is 0. The van der Waals surface area contributed by atoms with Crippen LogP contribution in [0.25, 0.3) is 0 Å². The number of carbonyl (C=O) groups excluding carboxylic acids is 1. The van der Waals surface area contributed by atoms with Crippen LogP contribution in [0, 0.1) is 0 Å². The summed E-state index contributed by atoms with van der Waals surface area (Å²) in [6.45, 7) is 1.85. The average Bonchev–Trinajstić information content (AvgIpc) is 2.69. The van der Waals surface area contributed by atoms with Crippen molar-refractivity contribution >= 4 is 11.9 Å². The highest BCUT2D eigenvalue weighted by molar-refractivity contribution is 5.87. The molecule has 104 valence electrons. The molecule has 1 unspecified atom stereocenters. The predicted molar refractivity (Wildman–Crippen MR) is 56.9 cm³/mol. The lowest BCUT2D eigenvalue weighted by Crippen LogP contribution is -2.52. The Hall–Kier alpha value is -1.27. The molecule has 1 heterocycles. The summed E-state index contributed by atoms with van der Waals surface area (Å²) in [5.74, 6) is -1.86. The molecule has 7 heteroatoms. The molecule has 1 atom stereocenters. The molecule has 0 radical (unpaired) electrons. The Labute approximate surface area is 103 Å². The number of hydrogen-bond donors (Lipinski definition) is 1. The fraction of sp³-hybridized carbons (Fsp3) is 0.818. The standard InChI is InChI=1S/C11H16F3NO3/c1-2-10(9(17)18)5-3-7-15(10)8(16)4-6-11(12,13)14/h2-7H2,1H3,(H,17,18). The molecule has 4 nitrogen and oxygen atoms in total. The highest BCUT2D eigenvalue weighted by Crippen LogP contribution is 2.34. The van der Waals surface area contributed by atoms with Crippen LogP contribution >= 0.6 is 0 Å². The number of hydrogen-bond acceptors (Lipinski definition) is 2. The lowest BCUT2D eigenvalue weighted by Gasteiger charge is -2.34. The molecule has 1 aliphatic heterocycles. The van der Waals surface area contributed by atoms with Gasteiger partial charge in [0.1, 0.15) is 5.54 Å². The van der Waals surface area contributed by atoms with Crippen LogP contribution in [0.1, 0.15) is 39.0 Å². The average molecular weight is 267 g/mol. The van der Waals surface area contributed by atoms with Crippen molar-refractivity contribution in [3.8, 4) is 0 Å². The number of carboxylic acid groups (broad SMARTS) is 1. The molecule has 0 aliphatic carbocycles. The number of halogens is 3. The summed E-state index contributed by atoms with van der Waals surface area (Å²) in [4.78, 5) is 24.1. The normalized spacial score (nSPS) is 24.3. The van der Waals surface area contributed by atoms with E-state index in [4.69, 9.17) is 0 Å². The van der Waals surface area contributed by atoms with Gasteiger partial charge in [-0.3, -0.25) is 4.79 Å². The summed E-state index contributed by atoms with van der Waals surface area (Å²) in [7, 11) is 0. The van der Waals surface area contributed by atoms with Crippen molar-refractivity contribution < 1.29 is 27.9 Å². The fourth-order valence-electron chi connectivity index (χ4n) is 2.37. The van der Waals surface area contributed by atoms with Gasteiger partial charge in [-0.2, -0.15) is 13.2 Å². The lowest BCUT2D eigenvalue weighted by molar-refractivity contribution is -0.160.